The maximum Gasteiger partial charge on any atom is 0.407 e. The second kappa shape index (κ2) is 30.0. The molecule has 2 aliphatic rings. The van der Waals surface area contributed by atoms with E-state index >= 15 is 0 Å². The molecule has 0 saturated carbocycles. The van der Waals surface area contributed by atoms with Crippen molar-refractivity contribution < 1.29 is 70.2 Å². The molecule has 404 valence electrons. The van der Waals surface area contributed by atoms with Crippen LogP contribution in [0, 0.1) is 11.8 Å². The van der Waals surface area contributed by atoms with E-state index in [1.54, 1.807) is 23.1 Å². The van der Waals surface area contributed by atoms with E-state index in [-0.39, 0.29) is 110 Å². The molecular formula is C53H61N7O15S. The largest absolute Gasteiger partial charge is 0.449 e. The van der Waals surface area contributed by atoms with Crippen LogP contribution >= 0.6 is 0 Å². The molecule has 0 bridgehead atoms. The number of hydrogen-bond donors (Lipinski definition) is 7. The number of alkyl carbamates (subject to hydrolysis) is 1. The molecule has 6 rings (SSSR count). The maximum atomic E-state index is 13.4. The summed E-state index contributed by atoms with van der Waals surface area (Å²) in [5.41, 5.74) is 7.14. The van der Waals surface area contributed by atoms with Gasteiger partial charge >= 0.3 is 6.09 Å². The summed E-state index contributed by atoms with van der Waals surface area (Å²) in [7, 11) is -4.93. The maximum absolute atomic E-state index is 13.4. The van der Waals surface area contributed by atoms with Crippen LogP contribution in [0.3, 0.4) is 0 Å². The third kappa shape index (κ3) is 18.3. The van der Waals surface area contributed by atoms with Crippen LogP contribution in [0.4, 0.5) is 10.5 Å². The van der Waals surface area contributed by atoms with Crippen LogP contribution in [-0.2, 0) is 69.1 Å². The van der Waals surface area contributed by atoms with Gasteiger partial charge in [0.05, 0.1) is 78.2 Å². The van der Waals surface area contributed by atoms with Gasteiger partial charge in [-0.25, -0.2) is 4.79 Å². The van der Waals surface area contributed by atoms with E-state index in [2.05, 4.69) is 43.7 Å². The minimum Gasteiger partial charge on any atom is -0.449 e. The molecule has 22 nitrogen and oxygen atoms in total. The van der Waals surface area contributed by atoms with Gasteiger partial charge in [-0.15, -0.1) is 0 Å². The third-order valence-corrected chi connectivity index (χ3v) is 12.8. The number of amides is 7. The van der Waals surface area contributed by atoms with E-state index in [4.69, 9.17) is 23.7 Å². The standard InChI is InChI=1S/C53H61N7O15S/c61-47(56-31-46(76(68,69)70)52(66)55-21-19-51(65)60-35-39-11-2-1-9-37(39)17-18-38-10-3-8-16-45(38)60)20-23-71-25-27-73-29-30-74-28-26-72-24-22-54-48(62)32-57-49(63)33-58-50(64)34-59-53(67)75-36-44-42-14-6-4-12-40(42)41-13-5-7-15-43(41)44/h1-16,44,46H,19-36H2,(H,54,62)(H,55,66)(H,56,61)(H,57,63)(H,58,64)(H,59,67)(H,68,69,70). The lowest BCUT2D eigenvalue weighted by Gasteiger charge is -2.26. The molecule has 0 saturated heterocycles. The van der Waals surface area contributed by atoms with E-state index < -0.39 is 70.6 Å². The molecule has 23 heteroatoms. The summed E-state index contributed by atoms with van der Waals surface area (Å²) in [6.45, 7) is -0.0974. The van der Waals surface area contributed by atoms with Gasteiger partial charge in [-0.1, -0.05) is 90.7 Å². The molecule has 1 atom stereocenters. The number of fused-ring (bicyclic) bond motifs is 5. The van der Waals surface area contributed by atoms with Gasteiger partial charge in [0.25, 0.3) is 10.1 Å². The summed E-state index contributed by atoms with van der Waals surface area (Å²) in [6.07, 6.45) is -1.13. The zero-order chi connectivity index (χ0) is 54.1. The predicted octanol–water partition coefficient (Wildman–Crippen LogP) is 1.16. The number of carbonyl (C=O) groups is 7. The SMILES string of the molecule is O=C(CCOCCOCCOCCOCCNC(=O)CNC(=O)CNC(=O)CNC(=O)OCC1c2ccccc2-c2ccccc21)NCC(C(=O)NCCC(=O)N1Cc2ccccc2C#Cc2ccccc21)S(=O)(=O)O. The van der Waals surface area contributed by atoms with Crippen molar-refractivity contribution in [3.63, 3.8) is 0 Å². The van der Waals surface area contributed by atoms with Gasteiger partial charge in [-0.05, 0) is 46.0 Å². The van der Waals surface area contributed by atoms with E-state index in [0.29, 0.717) is 11.3 Å². The summed E-state index contributed by atoms with van der Waals surface area (Å²) >= 11 is 0. The Balaban J connectivity index is 0.706. The van der Waals surface area contributed by atoms with Crippen molar-refractivity contribution in [2.45, 2.75) is 30.6 Å². The lowest BCUT2D eigenvalue weighted by Crippen LogP contribution is -2.47. The average molecular weight is 1070 g/mol. The second-order valence-electron chi connectivity index (χ2n) is 17.0. The Labute approximate surface area is 440 Å². The molecule has 0 fully saturated rings. The zero-order valence-corrected chi connectivity index (χ0v) is 42.5. The molecule has 0 radical (unpaired) electrons. The van der Waals surface area contributed by atoms with Gasteiger partial charge in [0.15, 0.2) is 5.25 Å². The Morgan fingerprint density at radius 1 is 0.566 bits per heavy atom. The number of nitrogens with one attached hydrogen (secondary N) is 6. The Bertz CT molecular complexity index is 2810. The van der Waals surface area contributed by atoms with Crippen LogP contribution in [0.5, 0.6) is 0 Å². The first-order valence-electron chi connectivity index (χ1n) is 24.5. The average Bonchev–Trinajstić information content (AvgIpc) is 3.74. The number of rotatable bonds is 30. The fourth-order valence-electron chi connectivity index (χ4n) is 7.91. The van der Waals surface area contributed by atoms with Gasteiger partial charge in [0, 0.05) is 49.5 Å². The van der Waals surface area contributed by atoms with Crippen molar-refractivity contribution in [3.05, 3.63) is 125 Å². The summed E-state index contributed by atoms with van der Waals surface area (Å²) in [5.74, 6) is 2.36. The molecule has 1 aliphatic carbocycles. The van der Waals surface area contributed by atoms with Crippen LogP contribution in [0.25, 0.3) is 11.1 Å². The van der Waals surface area contributed by atoms with E-state index in [1.165, 1.54) is 0 Å². The summed E-state index contributed by atoms with van der Waals surface area (Å²) < 4.78 is 61.0. The van der Waals surface area contributed by atoms with Crippen molar-refractivity contribution in [2.75, 3.05) is 104 Å². The second-order valence-corrected chi connectivity index (χ2v) is 18.6. The Kier molecular flexibility index (Phi) is 22.7. The molecule has 1 heterocycles. The molecule has 1 aliphatic heterocycles. The van der Waals surface area contributed by atoms with Crippen LogP contribution in [-0.4, -0.2) is 158 Å². The van der Waals surface area contributed by atoms with Crippen molar-refractivity contribution >= 4 is 57.3 Å². The van der Waals surface area contributed by atoms with Crippen LogP contribution < -0.4 is 36.8 Å². The number of ether oxygens (including phenoxy) is 5. The summed E-state index contributed by atoms with van der Waals surface area (Å²) in [6, 6.07) is 30.4. The van der Waals surface area contributed by atoms with E-state index in [1.807, 2.05) is 78.9 Å². The third-order valence-electron chi connectivity index (χ3n) is 11.7. The Hall–Kier alpha value is -7.72. The van der Waals surface area contributed by atoms with Crippen molar-refractivity contribution in [1.29, 1.82) is 0 Å². The molecular weight excluding hydrogens is 1010 g/mol. The highest BCUT2D eigenvalue weighted by Gasteiger charge is 2.32. The summed E-state index contributed by atoms with van der Waals surface area (Å²) in [4.78, 5) is 89.0. The van der Waals surface area contributed by atoms with Crippen LogP contribution in [0.1, 0.15) is 46.6 Å². The molecule has 76 heavy (non-hydrogen) atoms. The lowest BCUT2D eigenvalue weighted by molar-refractivity contribution is -0.127. The highest BCUT2D eigenvalue weighted by molar-refractivity contribution is 7.87. The number of hydrogen-bond acceptors (Lipinski definition) is 14. The summed E-state index contributed by atoms with van der Waals surface area (Å²) in [5, 5.41) is 12.4. The molecule has 7 amide bonds. The molecule has 4 aromatic rings. The first-order valence-corrected chi connectivity index (χ1v) is 26.0. The minimum atomic E-state index is -4.93. The highest BCUT2D eigenvalue weighted by Crippen LogP contribution is 2.44. The van der Waals surface area contributed by atoms with Crippen molar-refractivity contribution in [2.24, 2.45) is 0 Å². The minimum absolute atomic E-state index is 0.0348. The topological polar surface area (TPSA) is 295 Å². The van der Waals surface area contributed by atoms with Crippen molar-refractivity contribution in [1.82, 2.24) is 31.9 Å². The Morgan fingerprint density at radius 3 is 1.74 bits per heavy atom. The number of para-hydroxylation sites is 1. The normalized spacial score (nSPS) is 12.6. The van der Waals surface area contributed by atoms with Crippen LogP contribution in [0.15, 0.2) is 97.1 Å². The molecule has 7 N–H and O–H groups in total. The van der Waals surface area contributed by atoms with Crippen LogP contribution in [0.2, 0.25) is 0 Å². The quantitative estimate of drug-likeness (QED) is 0.0219. The monoisotopic (exact) mass is 1070 g/mol. The fraction of sp³-hybridized carbons (Fsp3) is 0.377. The number of nitrogens with zero attached hydrogens (tertiary/aromatic N) is 1. The zero-order valence-electron chi connectivity index (χ0n) is 41.6. The van der Waals surface area contributed by atoms with E-state index in [0.717, 1.165) is 33.4 Å². The van der Waals surface area contributed by atoms with Gasteiger partial charge in [0.2, 0.25) is 35.4 Å². The van der Waals surface area contributed by atoms with E-state index in [9.17, 15) is 46.5 Å². The molecule has 0 aromatic heterocycles. The van der Waals surface area contributed by atoms with Gasteiger partial charge < -0.3 is 60.5 Å². The number of carbonyl (C=O) groups excluding carboxylic acids is 7. The van der Waals surface area contributed by atoms with Gasteiger partial charge in [0.1, 0.15) is 13.2 Å². The first-order chi connectivity index (χ1) is 36.8. The molecule has 1 unspecified atom stereocenters. The smallest absolute Gasteiger partial charge is 0.407 e. The number of benzene rings is 4. The predicted molar refractivity (Wildman–Crippen MR) is 276 cm³/mol. The first kappa shape index (κ1) is 57.6. The lowest BCUT2D eigenvalue weighted by atomic mass is 9.98. The Morgan fingerprint density at radius 2 is 1.09 bits per heavy atom. The molecule has 0 spiro atoms. The number of anilines is 1. The van der Waals surface area contributed by atoms with Gasteiger partial charge in [-0.3, -0.25) is 33.3 Å². The highest BCUT2D eigenvalue weighted by atomic mass is 32.2. The van der Waals surface area contributed by atoms with Gasteiger partial charge in [-0.2, -0.15) is 8.42 Å². The molecule has 4 aromatic carbocycles. The fourth-order valence-corrected chi connectivity index (χ4v) is 8.56. The van der Waals surface area contributed by atoms with Crippen molar-refractivity contribution in [3.8, 4) is 23.0 Å².